The SMILES string of the molecule is CCOC(=O)c1cn(C2CC2)c2c3c(ccc2c1=O)N1C[C@@H](N)C[C@H]1CCC3. The Balaban J connectivity index is 1.75. The molecule has 0 bridgehead atoms. The van der Waals surface area contributed by atoms with Gasteiger partial charge < -0.3 is 19.9 Å². The lowest BCUT2D eigenvalue weighted by Gasteiger charge is -2.27. The van der Waals surface area contributed by atoms with E-state index in [0.29, 0.717) is 17.5 Å². The van der Waals surface area contributed by atoms with Gasteiger partial charge in [-0.25, -0.2) is 4.79 Å². The molecule has 2 atom stereocenters. The molecule has 6 nitrogen and oxygen atoms in total. The van der Waals surface area contributed by atoms with Gasteiger partial charge in [0.25, 0.3) is 0 Å². The predicted octanol–water partition coefficient (Wildman–Crippen LogP) is 2.76. The summed E-state index contributed by atoms with van der Waals surface area (Å²) in [5.74, 6) is -0.524. The van der Waals surface area contributed by atoms with Crippen LogP contribution in [0.25, 0.3) is 10.9 Å². The highest BCUT2D eigenvalue weighted by Gasteiger charge is 2.35. The number of rotatable bonds is 3. The number of benzene rings is 1. The molecule has 1 saturated carbocycles. The van der Waals surface area contributed by atoms with Crippen LogP contribution in [0.4, 0.5) is 5.69 Å². The Morgan fingerprint density at radius 2 is 2.07 bits per heavy atom. The number of nitrogens with zero attached hydrogens (tertiary/aromatic N) is 2. The smallest absolute Gasteiger partial charge is 0.343 e. The van der Waals surface area contributed by atoms with E-state index in [0.717, 1.165) is 50.6 Å². The van der Waals surface area contributed by atoms with E-state index in [4.69, 9.17) is 10.5 Å². The van der Waals surface area contributed by atoms with Gasteiger partial charge in [0, 0.05) is 41.9 Å². The summed E-state index contributed by atoms with van der Waals surface area (Å²) in [4.78, 5) is 28.0. The van der Waals surface area contributed by atoms with Crippen molar-refractivity contribution in [1.82, 2.24) is 4.57 Å². The zero-order valence-electron chi connectivity index (χ0n) is 16.3. The third-order valence-electron chi connectivity index (χ3n) is 6.43. The summed E-state index contributed by atoms with van der Waals surface area (Å²) in [6, 6.07) is 5.05. The number of anilines is 1. The van der Waals surface area contributed by atoms with Gasteiger partial charge in [0.1, 0.15) is 5.56 Å². The lowest BCUT2D eigenvalue weighted by molar-refractivity contribution is 0.0524. The zero-order valence-corrected chi connectivity index (χ0v) is 16.3. The molecule has 28 heavy (non-hydrogen) atoms. The van der Waals surface area contributed by atoms with Crippen molar-refractivity contribution in [2.45, 2.75) is 63.6 Å². The number of aryl methyl sites for hydroxylation is 1. The largest absolute Gasteiger partial charge is 0.462 e. The van der Waals surface area contributed by atoms with Crippen molar-refractivity contribution in [2.75, 3.05) is 18.1 Å². The lowest BCUT2D eigenvalue weighted by atomic mass is 10.00. The molecule has 2 fully saturated rings. The Hall–Kier alpha value is -2.34. The Morgan fingerprint density at radius 3 is 2.82 bits per heavy atom. The molecule has 6 heteroatoms. The van der Waals surface area contributed by atoms with Gasteiger partial charge in [-0.15, -0.1) is 0 Å². The van der Waals surface area contributed by atoms with Gasteiger partial charge in [-0.05, 0) is 63.1 Å². The van der Waals surface area contributed by atoms with Crippen molar-refractivity contribution < 1.29 is 9.53 Å². The van der Waals surface area contributed by atoms with Gasteiger partial charge >= 0.3 is 5.97 Å². The molecule has 2 aromatic rings. The van der Waals surface area contributed by atoms with Crippen LogP contribution in [0, 0.1) is 0 Å². The molecule has 5 rings (SSSR count). The van der Waals surface area contributed by atoms with Crippen LogP contribution in [-0.2, 0) is 11.2 Å². The average Bonchev–Trinajstić information content (AvgIpc) is 3.47. The standard InChI is InChI=1S/C22H27N3O3/c1-2-28-22(27)18-12-25(14-6-7-14)20-16-5-3-4-15-10-13(23)11-24(15)19(16)9-8-17(20)21(18)26/h8-9,12-15H,2-7,10-11,23H2,1H3/t13-,15+/m0/s1. The van der Waals surface area contributed by atoms with E-state index >= 15 is 0 Å². The minimum atomic E-state index is -0.524. The van der Waals surface area contributed by atoms with E-state index in [-0.39, 0.29) is 23.6 Å². The van der Waals surface area contributed by atoms with Crippen LogP contribution in [0.1, 0.15) is 61.0 Å². The third kappa shape index (κ3) is 2.73. The van der Waals surface area contributed by atoms with Crippen molar-refractivity contribution in [1.29, 1.82) is 0 Å². The molecule has 0 unspecified atom stereocenters. The average molecular weight is 381 g/mol. The molecule has 3 aliphatic rings. The molecule has 1 aromatic carbocycles. The fourth-order valence-corrected chi connectivity index (χ4v) is 5.06. The number of esters is 1. The maximum atomic E-state index is 13.1. The maximum Gasteiger partial charge on any atom is 0.343 e. The van der Waals surface area contributed by atoms with Gasteiger partial charge in [0.05, 0.1) is 12.1 Å². The Labute approximate surface area is 164 Å². The molecular weight excluding hydrogens is 354 g/mol. The molecule has 0 spiro atoms. The van der Waals surface area contributed by atoms with Crippen molar-refractivity contribution in [3.8, 4) is 0 Å². The number of hydrogen-bond acceptors (Lipinski definition) is 5. The summed E-state index contributed by atoms with van der Waals surface area (Å²) in [6.45, 7) is 2.90. The minimum Gasteiger partial charge on any atom is -0.462 e. The van der Waals surface area contributed by atoms with Crippen molar-refractivity contribution >= 4 is 22.6 Å². The zero-order chi connectivity index (χ0) is 19.4. The number of nitrogens with two attached hydrogens (primary N) is 1. The molecule has 1 saturated heterocycles. The van der Waals surface area contributed by atoms with E-state index < -0.39 is 5.97 Å². The molecule has 2 aliphatic heterocycles. The van der Waals surface area contributed by atoms with Crippen LogP contribution in [0.3, 0.4) is 0 Å². The summed E-state index contributed by atoms with van der Waals surface area (Å²) in [5, 5.41) is 0.637. The molecule has 148 valence electrons. The number of carbonyl (C=O) groups excluding carboxylic acids is 1. The number of aromatic nitrogens is 1. The summed E-state index contributed by atoms with van der Waals surface area (Å²) in [7, 11) is 0. The molecule has 1 aliphatic carbocycles. The molecule has 2 N–H and O–H groups in total. The second-order valence-corrected chi connectivity index (χ2v) is 8.38. The number of carbonyl (C=O) groups is 1. The van der Waals surface area contributed by atoms with E-state index in [9.17, 15) is 9.59 Å². The number of pyridine rings is 1. The highest BCUT2D eigenvalue weighted by molar-refractivity contribution is 5.96. The van der Waals surface area contributed by atoms with Crippen LogP contribution in [0.15, 0.2) is 23.1 Å². The van der Waals surface area contributed by atoms with Crippen molar-refractivity contribution in [3.63, 3.8) is 0 Å². The molecular formula is C22H27N3O3. The minimum absolute atomic E-state index is 0.149. The highest BCUT2D eigenvalue weighted by Crippen LogP contribution is 2.42. The summed E-state index contributed by atoms with van der Waals surface area (Å²) in [6.07, 6.45) is 8.15. The number of fused-ring (bicyclic) bond motifs is 5. The fraction of sp³-hybridized carbons (Fsp3) is 0.545. The van der Waals surface area contributed by atoms with E-state index in [1.807, 2.05) is 6.07 Å². The van der Waals surface area contributed by atoms with Crippen LogP contribution in [0.5, 0.6) is 0 Å². The first-order valence-electron chi connectivity index (χ1n) is 10.5. The van der Waals surface area contributed by atoms with Gasteiger partial charge in [-0.2, -0.15) is 0 Å². The first-order valence-corrected chi connectivity index (χ1v) is 10.5. The van der Waals surface area contributed by atoms with Gasteiger partial charge in [-0.3, -0.25) is 4.79 Å². The van der Waals surface area contributed by atoms with E-state index in [2.05, 4.69) is 15.5 Å². The quantitative estimate of drug-likeness (QED) is 0.827. The van der Waals surface area contributed by atoms with Gasteiger partial charge in [-0.1, -0.05) is 0 Å². The van der Waals surface area contributed by atoms with Crippen LogP contribution >= 0.6 is 0 Å². The first-order chi connectivity index (χ1) is 13.6. The Morgan fingerprint density at radius 1 is 1.25 bits per heavy atom. The van der Waals surface area contributed by atoms with E-state index in [1.165, 1.54) is 11.3 Å². The molecule has 0 amide bonds. The second kappa shape index (κ2) is 6.62. The Bertz CT molecular complexity index is 1010. The topological polar surface area (TPSA) is 77.6 Å². The summed E-state index contributed by atoms with van der Waals surface area (Å²) >= 11 is 0. The second-order valence-electron chi connectivity index (χ2n) is 8.38. The normalized spacial score (nSPS) is 24.0. The predicted molar refractivity (Wildman–Crippen MR) is 109 cm³/mol. The monoisotopic (exact) mass is 381 g/mol. The van der Waals surface area contributed by atoms with Crippen molar-refractivity contribution in [2.24, 2.45) is 5.73 Å². The fourth-order valence-electron chi connectivity index (χ4n) is 5.06. The van der Waals surface area contributed by atoms with Crippen LogP contribution in [-0.4, -0.2) is 35.8 Å². The van der Waals surface area contributed by atoms with Gasteiger partial charge in [0.15, 0.2) is 0 Å². The van der Waals surface area contributed by atoms with Crippen LogP contribution < -0.4 is 16.1 Å². The molecule has 3 heterocycles. The van der Waals surface area contributed by atoms with Gasteiger partial charge in [0.2, 0.25) is 5.43 Å². The van der Waals surface area contributed by atoms with E-state index in [1.54, 1.807) is 13.1 Å². The first kappa shape index (κ1) is 17.7. The summed E-state index contributed by atoms with van der Waals surface area (Å²) in [5.41, 5.74) is 9.67. The molecule has 1 aromatic heterocycles. The third-order valence-corrected chi connectivity index (χ3v) is 6.43. The lowest BCUT2D eigenvalue weighted by Crippen LogP contribution is -2.30. The number of ether oxygens (including phenoxy) is 1. The highest BCUT2D eigenvalue weighted by atomic mass is 16.5. The van der Waals surface area contributed by atoms with Crippen molar-refractivity contribution in [3.05, 3.63) is 39.7 Å². The summed E-state index contributed by atoms with van der Waals surface area (Å²) < 4.78 is 7.32. The molecule has 0 radical (unpaired) electrons. The maximum absolute atomic E-state index is 13.1. The number of hydrogen-bond donors (Lipinski definition) is 1. The Kier molecular flexibility index (Phi) is 4.19. The van der Waals surface area contributed by atoms with Crippen LogP contribution in [0.2, 0.25) is 0 Å².